The summed E-state index contributed by atoms with van der Waals surface area (Å²) in [5.74, 6) is 0.0290. The number of hydrogen-bond acceptors (Lipinski definition) is 2. The molecule has 3 nitrogen and oxygen atoms in total. The molecule has 1 unspecified atom stereocenters. The van der Waals surface area contributed by atoms with Crippen LogP contribution in [0.25, 0.3) is 0 Å². The first-order valence-corrected chi connectivity index (χ1v) is 5.85. The Hall–Kier alpha value is -0.770. The van der Waals surface area contributed by atoms with Gasteiger partial charge < -0.3 is 10.6 Å². The quantitative estimate of drug-likeness (QED) is 0.847. The minimum Gasteiger partial charge on any atom is -0.351 e. The molecule has 1 fully saturated rings. The number of carbonyl (C=O) groups is 1. The highest BCUT2D eigenvalue weighted by atomic mass is 35.5. The Morgan fingerprint density at radius 3 is 2.88 bits per heavy atom. The Kier molecular flexibility index (Phi) is 3.69. The third kappa shape index (κ3) is 2.88. The van der Waals surface area contributed by atoms with Crippen LogP contribution in [-0.2, 0) is 11.2 Å². The molecule has 1 aliphatic heterocycles. The highest BCUT2D eigenvalue weighted by molar-refractivity contribution is 6.35. The minimum atomic E-state index is 0.0290. The van der Waals surface area contributed by atoms with E-state index in [2.05, 4.69) is 10.6 Å². The van der Waals surface area contributed by atoms with Crippen LogP contribution in [0.4, 0.5) is 0 Å². The largest absolute Gasteiger partial charge is 0.351 e. The predicted octanol–water partition coefficient (Wildman–Crippen LogP) is 1.62. The van der Waals surface area contributed by atoms with E-state index in [1.54, 1.807) is 12.1 Å². The van der Waals surface area contributed by atoms with E-state index in [9.17, 15) is 4.79 Å². The Morgan fingerprint density at radius 2 is 2.19 bits per heavy atom. The van der Waals surface area contributed by atoms with E-state index in [-0.39, 0.29) is 11.9 Å². The van der Waals surface area contributed by atoms with Crippen LogP contribution < -0.4 is 10.6 Å². The maximum atomic E-state index is 11.2. The molecule has 0 bridgehead atoms. The summed E-state index contributed by atoms with van der Waals surface area (Å²) in [4.78, 5) is 11.2. The van der Waals surface area contributed by atoms with Crippen molar-refractivity contribution < 1.29 is 4.79 Å². The molecule has 16 heavy (non-hydrogen) atoms. The van der Waals surface area contributed by atoms with Crippen LogP contribution in [0.5, 0.6) is 0 Å². The fourth-order valence-corrected chi connectivity index (χ4v) is 2.25. The summed E-state index contributed by atoms with van der Waals surface area (Å²) < 4.78 is 0. The van der Waals surface area contributed by atoms with Crippen molar-refractivity contribution in [3.05, 3.63) is 33.8 Å². The normalized spacial score (nSPS) is 20.6. The number of hydrogen-bond donors (Lipinski definition) is 2. The first-order valence-electron chi connectivity index (χ1n) is 5.09. The molecule has 1 heterocycles. The topological polar surface area (TPSA) is 41.1 Å². The molecule has 2 rings (SSSR count). The number of halogens is 2. The van der Waals surface area contributed by atoms with E-state index in [1.807, 2.05) is 6.07 Å². The number of piperazine rings is 1. The Labute approximate surface area is 104 Å². The van der Waals surface area contributed by atoms with Crippen molar-refractivity contribution in [1.29, 1.82) is 0 Å². The average molecular weight is 259 g/mol. The maximum Gasteiger partial charge on any atom is 0.234 e. The molecule has 0 radical (unpaired) electrons. The second-order valence-corrected chi connectivity index (χ2v) is 4.68. The molecule has 1 aliphatic rings. The van der Waals surface area contributed by atoms with E-state index in [4.69, 9.17) is 23.2 Å². The summed E-state index contributed by atoms with van der Waals surface area (Å²) in [6.07, 6.45) is 0.717. The molecule has 1 amide bonds. The highest BCUT2D eigenvalue weighted by Gasteiger charge is 2.18. The van der Waals surface area contributed by atoms with Crippen molar-refractivity contribution in [2.24, 2.45) is 0 Å². The number of amides is 1. The summed E-state index contributed by atoms with van der Waals surface area (Å²) in [5.41, 5.74) is 1.00. The van der Waals surface area contributed by atoms with Gasteiger partial charge >= 0.3 is 0 Å². The molecule has 0 aromatic heterocycles. The van der Waals surface area contributed by atoms with Gasteiger partial charge in [0.2, 0.25) is 5.91 Å². The molecular formula is C11H12Cl2N2O. The summed E-state index contributed by atoms with van der Waals surface area (Å²) in [7, 11) is 0. The number of rotatable bonds is 2. The molecule has 5 heteroatoms. The van der Waals surface area contributed by atoms with Gasteiger partial charge in [0.1, 0.15) is 0 Å². The van der Waals surface area contributed by atoms with Gasteiger partial charge in [-0.2, -0.15) is 0 Å². The molecule has 0 saturated carbocycles. The lowest BCUT2D eigenvalue weighted by Gasteiger charge is -2.24. The lowest BCUT2D eigenvalue weighted by atomic mass is 10.0. The van der Waals surface area contributed by atoms with Crippen molar-refractivity contribution in [1.82, 2.24) is 10.6 Å². The second-order valence-electron chi connectivity index (χ2n) is 3.84. The summed E-state index contributed by atoms with van der Waals surface area (Å²) >= 11 is 11.9. The van der Waals surface area contributed by atoms with Crippen molar-refractivity contribution >= 4 is 29.1 Å². The molecule has 1 atom stereocenters. The first-order chi connectivity index (χ1) is 7.65. The SMILES string of the molecule is O=C1CNCC(Cc2ccc(Cl)cc2Cl)N1. The number of carbonyl (C=O) groups excluding carboxylic acids is 1. The van der Waals surface area contributed by atoms with Crippen LogP contribution in [0.3, 0.4) is 0 Å². The molecule has 1 aromatic carbocycles. The third-order valence-electron chi connectivity index (χ3n) is 2.52. The van der Waals surface area contributed by atoms with E-state index in [0.717, 1.165) is 18.5 Å². The molecule has 2 N–H and O–H groups in total. The zero-order valence-corrected chi connectivity index (χ0v) is 10.1. The van der Waals surface area contributed by atoms with Gasteiger partial charge in [0.15, 0.2) is 0 Å². The second kappa shape index (κ2) is 5.04. The molecule has 86 valence electrons. The highest BCUT2D eigenvalue weighted by Crippen LogP contribution is 2.22. The first kappa shape index (κ1) is 11.7. The van der Waals surface area contributed by atoms with Crippen LogP contribution in [0.15, 0.2) is 18.2 Å². The van der Waals surface area contributed by atoms with Crippen LogP contribution in [0.2, 0.25) is 10.0 Å². The van der Waals surface area contributed by atoms with E-state index in [0.29, 0.717) is 16.6 Å². The number of benzene rings is 1. The zero-order chi connectivity index (χ0) is 11.5. The van der Waals surface area contributed by atoms with Gasteiger partial charge in [0, 0.05) is 22.6 Å². The van der Waals surface area contributed by atoms with Gasteiger partial charge in [-0.3, -0.25) is 4.79 Å². The smallest absolute Gasteiger partial charge is 0.234 e. The van der Waals surface area contributed by atoms with E-state index >= 15 is 0 Å². The molecule has 1 aromatic rings. The van der Waals surface area contributed by atoms with Crippen molar-refractivity contribution in [3.8, 4) is 0 Å². The maximum absolute atomic E-state index is 11.2. The van der Waals surface area contributed by atoms with Gasteiger partial charge in [-0.25, -0.2) is 0 Å². The van der Waals surface area contributed by atoms with Crippen molar-refractivity contribution in [2.75, 3.05) is 13.1 Å². The minimum absolute atomic E-state index is 0.0290. The Balaban J connectivity index is 2.05. The fraction of sp³-hybridized carbons (Fsp3) is 0.364. The zero-order valence-electron chi connectivity index (χ0n) is 8.59. The standard InChI is InChI=1S/C11H12Cl2N2O/c12-8-2-1-7(10(13)4-8)3-9-5-14-6-11(16)15-9/h1-2,4,9,14H,3,5-6H2,(H,15,16). The lowest BCUT2D eigenvalue weighted by molar-refractivity contribution is -0.122. The lowest BCUT2D eigenvalue weighted by Crippen LogP contribution is -2.52. The van der Waals surface area contributed by atoms with Crippen LogP contribution >= 0.6 is 23.2 Å². The molecule has 0 aliphatic carbocycles. The Bertz CT molecular complexity index is 409. The van der Waals surface area contributed by atoms with Gasteiger partial charge in [0.25, 0.3) is 0 Å². The van der Waals surface area contributed by atoms with E-state index < -0.39 is 0 Å². The number of nitrogens with one attached hydrogen (secondary N) is 2. The monoisotopic (exact) mass is 258 g/mol. The summed E-state index contributed by atoms with van der Waals surface area (Å²) in [5, 5.41) is 7.24. The van der Waals surface area contributed by atoms with Crippen LogP contribution in [-0.4, -0.2) is 25.0 Å². The van der Waals surface area contributed by atoms with Crippen molar-refractivity contribution in [2.45, 2.75) is 12.5 Å². The summed E-state index contributed by atoms with van der Waals surface area (Å²) in [6, 6.07) is 5.52. The summed E-state index contributed by atoms with van der Waals surface area (Å²) in [6.45, 7) is 1.16. The fourth-order valence-electron chi connectivity index (χ4n) is 1.77. The molecular weight excluding hydrogens is 247 g/mol. The van der Waals surface area contributed by atoms with Crippen LogP contribution in [0.1, 0.15) is 5.56 Å². The average Bonchev–Trinajstić information content (AvgIpc) is 2.22. The van der Waals surface area contributed by atoms with Crippen LogP contribution in [0, 0.1) is 0 Å². The van der Waals surface area contributed by atoms with Gasteiger partial charge in [-0.05, 0) is 24.1 Å². The molecule has 1 saturated heterocycles. The van der Waals surface area contributed by atoms with Gasteiger partial charge in [-0.15, -0.1) is 0 Å². The predicted molar refractivity (Wildman–Crippen MR) is 65.0 cm³/mol. The Morgan fingerprint density at radius 1 is 1.38 bits per heavy atom. The van der Waals surface area contributed by atoms with Gasteiger partial charge in [0.05, 0.1) is 6.54 Å². The molecule has 0 spiro atoms. The van der Waals surface area contributed by atoms with Crippen molar-refractivity contribution in [3.63, 3.8) is 0 Å². The third-order valence-corrected chi connectivity index (χ3v) is 3.11. The van der Waals surface area contributed by atoms with E-state index in [1.165, 1.54) is 0 Å². The van der Waals surface area contributed by atoms with Gasteiger partial charge in [-0.1, -0.05) is 29.3 Å².